The maximum atomic E-state index is 13.5. The van der Waals surface area contributed by atoms with Crippen LogP contribution in [0.3, 0.4) is 0 Å². The molecule has 0 aliphatic heterocycles. The first-order chi connectivity index (χ1) is 8.00. The molecule has 1 heterocycles. The molecular formula is C13H14F2N2. The zero-order valence-corrected chi connectivity index (χ0v) is 9.58. The minimum atomic E-state index is -2.65. The van der Waals surface area contributed by atoms with Crippen LogP contribution in [0.2, 0.25) is 0 Å². The molecule has 0 amide bonds. The predicted molar refractivity (Wildman–Crippen MR) is 63.2 cm³/mol. The van der Waals surface area contributed by atoms with Crippen molar-refractivity contribution in [2.75, 3.05) is 6.54 Å². The van der Waals surface area contributed by atoms with Crippen LogP contribution in [-0.4, -0.2) is 17.0 Å². The van der Waals surface area contributed by atoms with Crippen molar-refractivity contribution in [3.8, 4) is 0 Å². The van der Waals surface area contributed by atoms with Crippen LogP contribution in [0.15, 0.2) is 30.5 Å². The van der Waals surface area contributed by atoms with E-state index in [2.05, 4.69) is 0 Å². The van der Waals surface area contributed by atoms with Gasteiger partial charge < -0.3 is 10.3 Å². The van der Waals surface area contributed by atoms with Crippen LogP contribution in [-0.2, 0) is 12.5 Å². The molecule has 1 aliphatic carbocycles. The van der Waals surface area contributed by atoms with Gasteiger partial charge in [0.2, 0.25) is 0 Å². The standard InChI is InChI=1S/C13H14F2N2/c1-17-5-4-9-2-3-10(6-11(9)17)12(8-16)7-13(12,14)15/h2-6H,7-8,16H2,1H3. The van der Waals surface area contributed by atoms with E-state index in [9.17, 15) is 8.78 Å². The number of fused-ring (bicyclic) bond motifs is 1. The summed E-state index contributed by atoms with van der Waals surface area (Å²) in [6.07, 6.45) is 1.79. The third-order valence-electron chi connectivity index (χ3n) is 3.89. The summed E-state index contributed by atoms with van der Waals surface area (Å²) >= 11 is 0. The highest BCUT2D eigenvalue weighted by Crippen LogP contribution is 2.61. The lowest BCUT2D eigenvalue weighted by atomic mass is 9.94. The van der Waals surface area contributed by atoms with Crippen LogP contribution in [0.1, 0.15) is 12.0 Å². The number of aromatic nitrogens is 1. The maximum absolute atomic E-state index is 13.5. The van der Waals surface area contributed by atoms with Crippen LogP contribution in [0, 0.1) is 0 Å². The monoisotopic (exact) mass is 236 g/mol. The van der Waals surface area contributed by atoms with Gasteiger partial charge in [0, 0.05) is 31.7 Å². The van der Waals surface area contributed by atoms with Crippen LogP contribution in [0.25, 0.3) is 10.9 Å². The minimum absolute atomic E-state index is 0.00404. The van der Waals surface area contributed by atoms with Crippen LogP contribution in [0.5, 0.6) is 0 Å². The van der Waals surface area contributed by atoms with E-state index >= 15 is 0 Å². The SMILES string of the molecule is Cn1ccc2ccc(C3(CN)CC3(F)F)cc21. The van der Waals surface area contributed by atoms with Gasteiger partial charge in [-0.15, -0.1) is 0 Å². The second-order valence-corrected chi connectivity index (χ2v) is 4.87. The number of hydrogen-bond acceptors (Lipinski definition) is 1. The highest BCUT2D eigenvalue weighted by molar-refractivity contribution is 5.81. The zero-order valence-electron chi connectivity index (χ0n) is 9.58. The van der Waals surface area contributed by atoms with Crippen LogP contribution >= 0.6 is 0 Å². The Kier molecular flexibility index (Phi) is 1.94. The van der Waals surface area contributed by atoms with Gasteiger partial charge in [-0.3, -0.25) is 0 Å². The maximum Gasteiger partial charge on any atom is 0.260 e. The molecule has 2 nitrogen and oxygen atoms in total. The lowest BCUT2D eigenvalue weighted by molar-refractivity contribution is 0.0896. The fraction of sp³-hybridized carbons (Fsp3) is 0.385. The van der Waals surface area contributed by atoms with E-state index in [4.69, 9.17) is 5.73 Å². The summed E-state index contributed by atoms with van der Waals surface area (Å²) < 4.78 is 28.9. The van der Waals surface area contributed by atoms with Crippen molar-refractivity contribution in [2.45, 2.75) is 17.8 Å². The second-order valence-electron chi connectivity index (χ2n) is 4.87. The summed E-state index contributed by atoms with van der Waals surface area (Å²) in [6.45, 7) is -0.00404. The molecule has 1 fully saturated rings. The van der Waals surface area contributed by atoms with Crippen LogP contribution in [0.4, 0.5) is 8.78 Å². The Balaban J connectivity index is 2.15. The summed E-state index contributed by atoms with van der Waals surface area (Å²) in [5, 5.41) is 1.06. The number of nitrogens with zero attached hydrogens (tertiary/aromatic N) is 1. The first kappa shape index (κ1) is 10.7. The van der Waals surface area contributed by atoms with Crippen molar-refractivity contribution in [1.29, 1.82) is 0 Å². The van der Waals surface area contributed by atoms with Gasteiger partial charge in [0.25, 0.3) is 5.92 Å². The summed E-state index contributed by atoms with van der Waals surface area (Å²) in [7, 11) is 1.91. The summed E-state index contributed by atoms with van der Waals surface area (Å²) in [5.74, 6) is -2.65. The van der Waals surface area contributed by atoms with E-state index in [-0.39, 0.29) is 13.0 Å². The predicted octanol–water partition coefficient (Wildman–Crippen LogP) is 2.41. The molecule has 17 heavy (non-hydrogen) atoms. The van der Waals surface area contributed by atoms with Crippen molar-refractivity contribution in [2.24, 2.45) is 12.8 Å². The number of rotatable bonds is 2. The van der Waals surface area contributed by atoms with E-state index in [0.717, 1.165) is 10.9 Å². The quantitative estimate of drug-likeness (QED) is 0.853. The molecule has 3 rings (SSSR count). The van der Waals surface area contributed by atoms with Gasteiger partial charge in [0.15, 0.2) is 0 Å². The van der Waals surface area contributed by atoms with E-state index in [1.54, 1.807) is 6.07 Å². The molecule has 1 aliphatic rings. The van der Waals surface area contributed by atoms with Crippen molar-refractivity contribution in [1.82, 2.24) is 4.57 Å². The largest absolute Gasteiger partial charge is 0.351 e. The van der Waals surface area contributed by atoms with E-state index in [1.807, 2.05) is 36.0 Å². The number of nitrogens with two attached hydrogens (primary N) is 1. The van der Waals surface area contributed by atoms with Crippen molar-refractivity contribution in [3.63, 3.8) is 0 Å². The van der Waals surface area contributed by atoms with Gasteiger partial charge in [-0.1, -0.05) is 12.1 Å². The molecule has 1 aromatic heterocycles. The lowest BCUT2D eigenvalue weighted by Gasteiger charge is -2.14. The second kappa shape index (κ2) is 3.07. The first-order valence-electron chi connectivity index (χ1n) is 5.64. The Labute approximate surface area is 98.0 Å². The van der Waals surface area contributed by atoms with Gasteiger partial charge in [-0.05, 0) is 23.1 Å². The van der Waals surface area contributed by atoms with Gasteiger partial charge in [-0.2, -0.15) is 0 Å². The number of hydrogen-bond donors (Lipinski definition) is 1. The molecule has 1 atom stereocenters. The number of aryl methyl sites for hydroxylation is 1. The lowest BCUT2D eigenvalue weighted by Crippen LogP contribution is -2.26. The van der Waals surface area contributed by atoms with Crippen molar-refractivity contribution < 1.29 is 8.78 Å². The first-order valence-corrected chi connectivity index (χ1v) is 5.64. The van der Waals surface area contributed by atoms with Crippen molar-refractivity contribution >= 4 is 10.9 Å². The summed E-state index contributed by atoms with van der Waals surface area (Å²) in [6, 6.07) is 7.47. The van der Waals surface area contributed by atoms with Crippen molar-refractivity contribution in [3.05, 3.63) is 36.0 Å². The molecule has 0 spiro atoms. The van der Waals surface area contributed by atoms with Gasteiger partial charge in [-0.25, -0.2) is 8.78 Å². The Morgan fingerprint density at radius 1 is 1.35 bits per heavy atom. The fourth-order valence-electron chi connectivity index (χ4n) is 2.55. The highest BCUT2D eigenvalue weighted by Gasteiger charge is 2.71. The smallest absolute Gasteiger partial charge is 0.260 e. The third-order valence-corrected chi connectivity index (χ3v) is 3.89. The van der Waals surface area contributed by atoms with Crippen LogP contribution < -0.4 is 5.73 Å². The Bertz CT molecular complexity index is 588. The molecule has 2 aromatic rings. The normalized spacial score (nSPS) is 26.4. The van der Waals surface area contributed by atoms with Gasteiger partial charge >= 0.3 is 0 Å². The molecule has 0 saturated heterocycles. The fourth-order valence-corrected chi connectivity index (χ4v) is 2.55. The van der Waals surface area contributed by atoms with Gasteiger partial charge in [0.1, 0.15) is 0 Å². The molecule has 2 N–H and O–H groups in total. The topological polar surface area (TPSA) is 30.9 Å². The molecule has 4 heteroatoms. The number of alkyl halides is 2. The third kappa shape index (κ3) is 1.27. The Hall–Kier alpha value is -1.42. The molecule has 0 radical (unpaired) electrons. The minimum Gasteiger partial charge on any atom is -0.351 e. The molecular weight excluding hydrogens is 222 g/mol. The van der Waals surface area contributed by atoms with E-state index in [0.29, 0.717) is 5.56 Å². The van der Waals surface area contributed by atoms with E-state index in [1.165, 1.54) is 0 Å². The Morgan fingerprint density at radius 3 is 2.65 bits per heavy atom. The molecule has 90 valence electrons. The molecule has 1 saturated carbocycles. The molecule has 0 bridgehead atoms. The number of benzene rings is 1. The number of halogens is 2. The highest BCUT2D eigenvalue weighted by atomic mass is 19.3. The summed E-state index contributed by atoms with van der Waals surface area (Å²) in [5.41, 5.74) is 6.04. The average molecular weight is 236 g/mol. The van der Waals surface area contributed by atoms with E-state index < -0.39 is 11.3 Å². The molecule has 1 unspecified atom stereocenters. The summed E-state index contributed by atoms with van der Waals surface area (Å²) in [4.78, 5) is 0. The van der Waals surface area contributed by atoms with Gasteiger partial charge in [0.05, 0.1) is 5.41 Å². The zero-order chi connectivity index (χ0) is 12.3. The molecule has 1 aromatic carbocycles. The average Bonchev–Trinajstić information content (AvgIpc) is 2.69. The Morgan fingerprint density at radius 2 is 2.06 bits per heavy atom.